The SMILES string of the molecule is Nc1nc(C2CC2)nc2c1CSC2. The van der Waals surface area contributed by atoms with Gasteiger partial charge in [0, 0.05) is 23.0 Å². The van der Waals surface area contributed by atoms with Gasteiger partial charge in [0.2, 0.25) is 0 Å². The molecular formula is C9H11N3S. The average Bonchev–Trinajstić information content (AvgIpc) is 2.85. The van der Waals surface area contributed by atoms with Gasteiger partial charge in [-0.1, -0.05) is 0 Å². The Kier molecular flexibility index (Phi) is 1.53. The molecule has 1 aliphatic heterocycles. The van der Waals surface area contributed by atoms with E-state index in [0.717, 1.165) is 23.1 Å². The van der Waals surface area contributed by atoms with Crippen LogP contribution in [0.1, 0.15) is 35.8 Å². The van der Waals surface area contributed by atoms with Crippen LogP contribution in [0.5, 0.6) is 0 Å². The van der Waals surface area contributed by atoms with Crippen molar-refractivity contribution in [3.8, 4) is 0 Å². The number of hydrogen-bond acceptors (Lipinski definition) is 4. The molecule has 0 bridgehead atoms. The van der Waals surface area contributed by atoms with Gasteiger partial charge in [0.25, 0.3) is 0 Å². The van der Waals surface area contributed by atoms with Crippen molar-refractivity contribution in [2.45, 2.75) is 30.3 Å². The van der Waals surface area contributed by atoms with Gasteiger partial charge >= 0.3 is 0 Å². The maximum Gasteiger partial charge on any atom is 0.134 e. The van der Waals surface area contributed by atoms with Crippen molar-refractivity contribution in [3.05, 3.63) is 17.1 Å². The molecule has 0 radical (unpaired) electrons. The van der Waals surface area contributed by atoms with Gasteiger partial charge in [0.15, 0.2) is 0 Å². The number of fused-ring (bicyclic) bond motifs is 1. The van der Waals surface area contributed by atoms with E-state index in [9.17, 15) is 0 Å². The van der Waals surface area contributed by atoms with Crippen molar-refractivity contribution in [2.75, 3.05) is 5.73 Å². The highest BCUT2D eigenvalue weighted by Gasteiger charge is 2.29. The normalized spacial score (nSPS) is 20.3. The Morgan fingerprint density at radius 1 is 1.23 bits per heavy atom. The quantitative estimate of drug-likeness (QED) is 0.737. The van der Waals surface area contributed by atoms with E-state index in [2.05, 4.69) is 9.97 Å². The fourth-order valence-electron chi connectivity index (χ4n) is 1.62. The summed E-state index contributed by atoms with van der Waals surface area (Å²) >= 11 is 1.88. The summed E-state index contributed by atoms with van der Waals surface area (Å²) in [6.07, 6.45) is 2.48. The smallest absolute Gasteiger partial charge is 0.134 e. The van der Waals surface area contributed by atoms with Gasteiger partial charge in [-0.15, -0.1) is 0 Å². The molecule has 0 saturated heterocycles. The van der Waals surface area contributed by atoms with Crippen LogP contribution in [0.15, 0.2) is 0 Å². The molecule has 0 aromatic carbocycles. The molecule has 0 spiro atoms. The van der Waals surface area contributed by atoms with E-state index in [1.165, 1.54) is 24.1 Å². The van der Waals surface area contributed by atoms with Crippen LogP contribution in [0.4, 0.5) is 5.82 Å². The first-order chi connectivity index (χ1) is 6.34. The van der Waals surface area contributed by atoms with E-state index in [-0.39, 0.29) is 0 Å². The van der Waals surface area contributed by atoms with Crippen LogP contribution in [0.25, 0.3) is 0 Å². The van der Waals surface area contributed by atoms with Crippen molar-refractivity contribution in [2.24, 2.45) is 0 Å². The number of hydrogen-bond donors (Lipinski definition) is 1. The molecule has 0 unspecified atom stereocenters. The van der Waals surface area contributed by atoms with E-state index in [4.69, 9.17) is 5.73 Å². The van der Waals surface area contributed by atoms with Crippen LogP contribution in [0.3, 0.4) is 0 Å². The van der Waals surface area contributed by atoms with Crippen LogP contribution in [0, 0.1) is 0 Å². The van der Waals surface area contributed by atoms with E-state index in [0.29, 0.717) is 5.92 Å². The van der Waals surface area contributed by atoms with Gasteiger partial charge in [-0.2, -0.15) is 11.8 Å². The Bertz CT molecular complexity index is 360. The Morgan fingerprint density at radius 2 is 2.08 bits per heavy atom. The first-order valence-corrected chi connectivity index (χ1v) is 5.73. The summed E-state index contributed by atoms with van der Waals surface area (Å²) in [5, 5.41) is 0. The monoisotopic (exact) mass is 193 g/mol. The van der Waals surface area contributed by atoms with Crippen molar-refractivity contribution < 1.29 is 0 Å². The Hall–Kier alpha value is -0.770. The molecular weight excluding hydrogens is 182 g/mol. The van der Waals surface area contributed by atoms with Gasteiger partial charge in [0.05, 0.1) is 5.69 Å². The predicted molar refractivity (Wildman–Crippen MR) is 53.4 cm³/mol. The van der Waals surface area contributed by atoms with Crippen LogP contribution >= 0.6 is 11.8 Å². The van der Waals surface area contributed by atoms with Crippen molar-refractivity contribution in [1.29, 1.82) is 0 Å². The summed E-state index contributed by atoms with van der Waals surface area (Å²) < 4.78 is 0. The van der Waals surface area contributed by atoms with E-state index >= 15 is 0 Å². The molecule has 4 heteroatoms. The first kappa shape index (κ1) is 7.62. The molecule has 1 fully saturated rings. The molecule has 0 amide bonds. The number of nitrogens with zero attached hydrogens (tertiary/aromatic N) is 2. The van der Waals surface area contributed by atoms with Crippen LogP contribution < -0.4 is 5.73 Å². The standard InChI is InChI=1S/C9H11N3S/c10-8-6-3-13-4-7(6)11-9(12-8)5-1-2-5/h5H,1-4H2,(H2,10,11,12). The molecule has 3 rings (SSSR count). The molecule has 1 aromatic rings. The summed E-state index contributed by atoms with van der Waals surface area (Å²) in [6.45, 7) is 0. The number of rotatable bonds is 1. The molecule has 1 aromatic heterocycles. The molecule has 1 aliphatic carbocycles. The molecule has 68 valence electrons. The molecule has 3 nitrogen and oxygen atoms in total. The fourth-order valence-corrected chi connectivity index (χ4v) is 2.67. The predicted octanol–water partition coefficient (Wildman–Crippen LogP) is 1.68. The fraction of sp³-hybridized carbons (Fsp3) is 0.556. The first-order valence-electron chi connectivity index (χ1n) is 4.57. The summed E-state index contributed by atoms with van der Waals surface area (Å²) in [7, 11) is 0. The lowest BCUT2D eigenvalue weighted by molar-refractivity contribution is 0.900. The maximum absolute atomic E-state index is 5.87. The molecule has 13 heavy (non-hydrogen) atoms. The third-order valence-corrected chi connectivity index (χ3v) is 3.54. The van der Waals surface area contributed by atoms with E-state index in [1.807, 2.05) is 11.8 Å². The molecule has 2 heterocycles. The number of anilines is 1. The molecule has 2 N–H and O–H groups in total. The van der Waals surface area contributed by atoms with Gasteiger partial charge in [0.1, 0.15) is 11.6 Å². The summed E-state index contributed by atoms with van der Waals surface area (Å²) in [4.78, 5) is 8.92. The van der Waals surface area contributed by atoms with Crippen LogP contribution in [-0.2, 0) is 11.5 Å². The lowest BCUT2D eigenvalue weighted by Crippen LogP contribution is -2.04. The number of nitrogens with two attached hydrogens (primary N) is 1. The minimum absolute atomic E-state index is 0.609. The zero-order chi connectivity index (χ0) is 8.84. The highest BCUT2D eigenvalue weighted by atomic mass is 32.2. The summed E-state index contributed by atoms with van der Waals surface area (Å²) in [6, 6.07) is 0. The minimum atomic E-state index is 0.609. The van der Waals surface area contributed by atoms with Crippen molar-refractivity contribution >= 4 is 17.6 Å². The van der Waals surface area contributed by atoms with Gasteiger partial charge < -0.3 is 5.73 Å². The van der Waals surface area contributed by atoms with E-state index in [1.54, 1.807) is 0 Å². The third kappa shape index (κ3) is 1.20. The highest BCUT2D eigenvalue weighted by molar-refractivity contribution is 7.98. The average molecular weight is 193 g/mol. The zero-order valence-corrected chi connectivity index (χ0v) is 8.10. The van der Waals surface area contributed by atoms with Crippen molar-refractivity contribution in [1.82, 2.24) is 9.97 Å². The van der Waals surface area contributed by atoms with Gasteiger partial charge in [-0.25, -0.2) is 9.97 Å². The van der Waals surface area contributed by atoms with Crippen molar-refractivity contribution in [3.63, 3.8) is 0 Å². The number of nitrogen functional groups attached to an aromatic ring is 1. The summed E-state index contributed by atoms with van der Waals surface area (Å²) in [5.74, 6) is 4.32. The topological polar surface area (TPSA) is 51.8 Å². The van der Waals surface area contributed by atoms with Gasteiger partial charge in [-0.05, 0) is 12.8 Å². The summed E-state index contributed by atoms with van der Waals surface area (Å²) in [5.41, 5.74) is 8.23. The number of aromatic nitrogens is 2. The Morgan fingerprint density at radius 3 is 2.85 bits per heavy atom. The van der Waals surface area contributed by atoms with E-state index < -0.39 is 0 Å². The Balaban J connectivity index is 2.10. The second-order valence-corrected chi connectivity index (χ2v) is 4.64. The van der Waals surface area contributed by atoms with Crippen LogP contribution in [0.2, 0.25) is 0 Å². The third-order valence-electron chi connectivity index (χ3n) is 2.57. The zero-order valence-electron chi connectivity index (χ0n) is 7.29. The lowest BCUT2D eigenvalue weighted by Gasteiger charge is -2.04. The molecule has 2 aliphatic rings. The Labute approximate surface area is 81.1 Å². The lowest BCUT2D eigenvalue weighted by atomic mass is 10.2. The second-order valence-electron chi connectivity index (χ2n) is 3.66. The second kappa shape index (κ2) is 2.61. The number of thioether (sulfide) groups is 1. The van der Waals surface area contributed by atoms with Gasteiger partial charge in [-0.3, -0.25) is 0 Å². The molecule has 1 saturated carbocycles. The minimum Gasteiger partial charge on any atom is -0.383 e. The largest absolute Gasteiger partial charge is 0.383 e. The van der Waals surface area contributed by atoms with Crippen LogP contribution in [-0.4, -0.2) is 9.97 Å². The highest BCUT2D eigenvalue weighted by Crippen LogP contribution is 2.40. The maximum atomic E-state index is 5.87. The molecule has 0 atom stereocenters.